The molecule has 3 heteroatoms. The summed E-state index contributed by atoms with van der Waals surface area (Å²) >= 11 is 0. The molecule has 1 saturated heterocycles. The second-order valence-electron chi connectivity index (χ2n) is 3.96. The number of aliphatic carboxylic acids is 1. The molecule has 0 atom stereocenters. The van der Waals surface area contributed by atoms with Crippen LogP contribution < -0.4 is 4.90 Å². The van der Waals surface area contributed by atoms with Gasteiger partial charge in [0.15, 0.2) is 0 Å². The first kappa shape index (κ1) is 10.7. The minimum atomic E-state index is -0.913. The fourth-order valence-electron chi connectivity index (χ4n) is 1.94. The van der Waals surface area contributed by atoms with Crippen LogP contribution >= 0.6 is 0 Å². The Morgan fingerprint density at radius 3 is 2.38 bits per heavy atom. The van der Waals surface area contributed by atoms with Crippen molar-refractivity contribution in [2.45, 2.75) is 12.8 Å². The van der Waals surface area contributed by atoms with E-state index in [2.05, 4.69) is 4.90 Å². The summed E-state index contributed by atoms with van der Waals surface area (Å²) in [6.07, 6.45) is 5.29. The zero-order valence-corrected chi connectivity index (χ0v) is 9.10. The van der Waals surface area contributed by atoms with E-state index in [-0.39, 0.29) is 0 Å². The van der Waals surface area contributed by atoms with E-state index < -0.39 is 5.97 Å². The topological polar surface area (TPSA) is 40.5 Å². The van der Waals surface area contributed by atoms with Gasteiger partial charge in [-0.05, 0) is 36.6 Å². The number of nitrogens with zero attached hydrogens (tertiary/aromatic N) is 1. The number of carbonyl (C=O) groups is 1. The fourth-order valence-corrected chi connectivity index (χ4v) is 1.94. The molecule has 0 aromatic heterocycles. The predicted molar refractivity (Wildman–Crippen MR) is 64.6 cm³/mol. The number of carboxylic acid groups (broad SMARTS) is 1. The van der Waals surface area contributed by atoms with Crippen LogP contribution in [0.25, 0.3) is 6.08 Å². The van der Waals surface area contributed by atoms with Crippen molar-refractivity contribution in [3.63, 3.8) is 0 Å². The van der Waals surface area contributed by atoms with E-state index in [0.29, 0.717) is 0 Å². The molecule has 84 valence electrons. The van der Waals surface area contributed by atoms with E-state index in [4.69, 9.17) is 5.11 Å². The summed E-state index contributed by atoms with van der Waals surface area (Å²) in [5.41, 5.74) is 2.15. The van der Waals surface area contributed by atoms with Crippen molar-refractivity contribution >= 4 is 17.7 Å². The summed E-state index contributed by atoms with van der Waals surface area (Å²) in [6.45, 7) is 2.26. The highest BCUT2D eigenvalue weighted by molar-refractivity contribution is 5.85. The maximum Gasteiger partial charge on any atom is 0.328 e. The molecular weight excluding hydrogens is 202 g/mol. The van der Waals surface area contributed by atoms with E-state index in [1.165, 1.54) is 18.5 Å². The van der Waals surface area contributed by atoms with Crippen LogP contribution in [0.2, 0.25) is 0 Å². The second kappa shape index (κ2) is 4.84. The molecule has 2 rings (SSSR count). The molecular formula is C13H15NO2. The zero-order chi connectivity index (χ0) is 11.4. The first-order valence-electron chi connectivity index (χ1n) is 5.52. The standard InChI is InChI=1S/C13H15NO2/c15-13(16)8-5-11-3-6-12(7-4-11)14-9-1-2-10-14/h3-8H,1-2,9-10H2,(H,15,16)/b8-5+. The molecule has 3 nitrogen and oxygen atoms in total. The summed E-state index contributed by atoms with van der Waals surface area (Å²) in [4.78, 5) is 12.7. The minimum Gasteiger partial charge on any atom is -0.478 e. The highest BCUT2D eigenvalue weighted by Crippen LogP contribution is 2.20. The van der Waals surface area contributed by atoms with Crippen LogP contribution in [-0.2, 0) is 4.79 Å². The highest BCUT2D eigenvalue weighted by Gasteiger charge is 2.11. The van der Waals surface area contributed by atoms with Crippen LogP contribution in [0.5, 0.6) is 0 Å². The molecule has 16 heavy (non-hydrogen) atoms. The molecule has 1 aromatic carbocycles. The minimum absolute atomic E-state index is 0.913. The van der Waals surface area contributed by atoms with E-state index in [1.807, 2.05) is 24.3 Å². The molecule has 0 bridgehead atoms. The molecule has 1 heterocycles. The number of anilines is 1. The molecule has 0 spiro atoms. The summed E-state index contributed by atoms with van der Waals surface area (Å²) in [6, 6.07) is 8.00. The van der Waals surface area contributed by atoms with Crippen molar-refractivity contribution in [2.75, 3.05) is 18.0 Å². The van der Waals surface area contributed by atoms with Gasteiger partial charge in [0.05, 0.1) is 0 Å². The van der Waals surface area contributed by atoms with E-state index in [9.17, 15) is 4.79 Å². The van der Waals surface area contributed by atoms with Gasteiger partial charge < -0.3 is 10.0 Å². The van der Waals surface area contributed by atoms with Gasteiger partial charge in [-0.15, -0.1) is 0 Å². The second-order valence-corrected chi connectivity index (χ2v) is 3.96. The number of rotatable bonds is 3. The monoisotopic (exact) mass is 217 g/mol. The quantitative estimate of drug-likeness (QED) is 0.790. The molecule has 1 aliphatic heterocycles. The normalized spacial score (nSPS) is 15.9. The van der Waals surface area contributed by atoms with Crippen LogP contribution in [0.4, 0.5) is 5.69 Å². The van der Waals surface area contributed by atoms with Crippen LogP contribution in [0.15, 0.2) is 30.3 Å². The van der Waals surface area contributed by atoms with Gasteiger partial charge in [-0.1, -0.05) is 12.1 Å². The largest absolute Gasteiger partial charge is 0.478 e. The van der Waals surface area contributed by atoms with Crippen molar-refractivity contribution in [1.29, 1.82) is 0 Å². The Kier molecular flexibility index (Phi) is 3.25. The lowest BCUT2D eigenvalue weighted by Gasteiger charge is -2.17. The van der Waals surface area contributed by atoms with Gasteiger partial charge in [-0.2, -0.15) is 0 Å². The molecule has 1 aliphatic rings. The van der Waals surface area contributed by atoms with E-state index in [0.717, 1.165) is 24.7 Å². The lowest BCUT2D eigenvalue weighted by atomic mass is 10.2. The summed E-state index contributed by atoms with van der Waals surface area (Å²) in [7, 11) is 0. The third-order valence-electron chi connectivity index (χ3n) is 2.78. The van der Waals surface area contributed by atoms with Gasteiger partial charge in [-0.3, -0.25) is 0 Å². The molecule has 1 aromatic rings. The van der Waals surface area contributed by atoms with E-state index >= 15 is 0 Å². The van der Waals surface area contributed by atoms with Crippen molar-refractivity contribution in [1.82, 2.24) is 0 Å². The van der Waals surface area contributed by atoms with E-state index in [1.54, 1.807) is 6.08 Å². The van der Waals surface area contributed by atoms with Crippen molar-refractivity contribution in [3.8, 4) is 0 Å². The summed E-state index contributed by atoms with van der Waals surface area (Å²) < 4.78 is 0. The molecule has 0 aliphatic carbocycles. The van der Waals surface area contributed by atoms with Gasteiger partial charge in [0, 0.05) is 24.9 Å². The first-order chi connectivity index (χ1) is 7.75. The first-order valence-corrected chi connectivity index (χ1v) is 5.52. The lowest BCUT2D eigenvalue weighted by Crippen LogP contribution is -2.17. The highest BCUT2D eigenvalue weighted by atomic mass is 16.4. The average Bonchev–Trinajstić information content (AvgIpc) is 2.80. The van der Waals surface area contributed by atoms with Gasteiger partial charge >= 0.3 is 5.97 Å². The number of hydrogen-bond donors (Lipinski definition) is 1. The Hall–Kier alpha value is -1.77. The van der Waals surface area contributed by atoms with Crippen molar-refractivity contribution in [2.24, 2.45) is 0 Å². The maximum atomic E-state index is 10.4. The third-order valence-corrected chi connectivity index (χ3v) is 2.78. The van der Waals surface area contributed by atoms with Gasteiger partial charge in [-0.25, -0.2) is 4.79 Å². The molecule has 1 fully saturated rings. The smallest absolute Gasteiger partial charge is 0.328 e. The Morgan fingerprint density at radius 2 is 1.81 bits per heavy atom. The Labute approximate surface area is 95.0 Å². The van der Waals surface area contributed by atoms with Crippen LogP contribution in [0.1, 0.15) is 18.4 Å². The van der Waals surface area contributed by atoms with Crippen LogP contribution in [-0.4, -0.2) is 24.2 Å². The van der Waals surface area contributed by atoms with Gasteiger partial charge in [0.1, 0.15) is 0 Å². The van der Waals surface area contributed by atoms with Crippen molar-refractivity contribution < 1.29 is 9.90 Å². The Bertz CT molecular complexity index is 389. The fraction of sp³-hybridized carbons (Fsp3) is 0.308. The molecule has 0 unspecified atom stereocenters. The van der Waals surface area contributed by atoms with Gasteiger partial charge in [0.2, 0.25) is 0 Å². The predicted octanol–water partition coefficient (Wildman–Crippen LogP) is 2.38. The molecule has 1 N–H and O–H groups in total. The third kappa shape index (κ3) is 2.63. The van der Waals surface area contributed by atoms with Crippen molar-refractivity contribution in [3.05, 3.63) is 35.9 Å². The number of carboxylic acids is 1. The molecule has 0 radical (unpaired) electrons. The number of benzene rings is 1. The summed E-state index contributed by atoms with van der Waals surface area (Å²) in [5.74, 6) is -0.913. The van der Waals surface area contributed by atoms with Gasteiger partial charge in [0.25, 0.3) is 0 Å². The molecule has 0 saturated carbocycles. The Morgan fingerprint density at radius 1 is 1.19 bits per heavy atom. The lowest BCUT2D eigenvalue weighted by molar-refractivity contribution is -0.131. The van der Waals surface area contributed by atoms with Crippen LogP contribution in [0.3, 0.4) is 0 Å². The average molecular weight is 217 g/mol. The molecule has 0 amide bonds. The Balaban J connectivity index is 2.06. The SMILES string of the molecule is O=C(O)/C=C/c1ccc(N2CCCC2)cc1. The number of hydrogen-bond acceptors (Lipinski definition) is 2. The van der Waals surface area contributed by atoms with Crippen LogP contribution in [0, 0.1) is 0 Å². The maximum absolute atomic E-state index is 10.4. The zero-order valence-electron chi connectivity index (χ0n) is 9.10. The summed E-state index contributed by atoms with van der Waals surface area (Å²) in [5, 5.41) is 8.51.